The fraction of sp³-hybridized carbons (Fsp3) is 0.833. The van der Waals surface area contributed by atoms with Crippen LogP contribution in [0.5, 0.6) is 0 Å². The topological polar surface area (TPSA) is 96.9 Å². The molecule has 0 aromatic rings. The third-order valence-corrected chi connectivity index (χ3v) is 2.42. The number of carbonyl (C=O) groups is 2. The van der Waals surface area contributed by atoms with Crippen LogP contribution in [0.4, 0.5) is 4.79 Å². The Morgan fingerprint density at radius 3 is 2.53 bits per heavy atom. The Bertz CT molecular complexity index is 261. The molecule has 7 heteroatoms. The molecule has 0 aliphatic heterocycles. The summed E-state index contributed by atoms with van der Waals surface area (Å²) in [7, 11) is 1.62. The summed E-state index contributed by atoms with van der Waals surface area (Å²) in [5.41, 5.74) is 0. The molecule has 0 radical (unpaired) electrons. The zero-order valence-electron chi connectivity index (χ0n) is 11.6. The van der Waals surface area contributed by atoms with Crippen molar-refractivity contribution in [1.29, 1.82) is 0 Å². The molecule has 3 N–H and O–H groups in total. The molecule has 0 rings (SSSR count). The maximum absolute atomic E-state index is 11.3. The van der Waals surface area contributed by atoms with E-state index in [-0.39, 0.29) is 12.6 Å². The fourth-order valence-corrected chi connectivity index (χ4v) is 1.17. The van der Waals surface area contributed by atoms with Crippen molar-refractivity contribution >= 4 is 12.0 Å². The third-order valence-electron chi connectivity index (χ3n) is 2.42. The van der Waals surface area contributed by atoms with Gasteiger partial charge in [-0.3, -0.25) is 4.79 Å². The van der Waals surface area contributed by atoms with Crippen LogP contribution >= 0.6 is 0 Å². The van der Waals surface area contributed by atoms with Crippen molar-refractivity contribution in [1.82, 2.24) is 10.6 Å². The molecule has 19 heavy (non-hydrogen) atoms. The number of hydrogen-bond acceptors (Lipinski definition) is 4. The summed E-state index contributed by atoms with van der Waals surface area (Å²) in [5.74, 6) is -1.51. The Morgan fingerprint density at radius 2 is 1.89 bits per heavy atom. The summed E-state index contributed by atoms with van der Waals surface area (Å²) in [6, 6.07) is -0.339. The zero-order valence-corrected chi connectivity index (χ0v) is 11.6. The number of carbonyl (C=O) groups excluding carboxylic acids is 1. The van der Waals surface area contributed by atoms with Crippen LogP contribution < -0.4 is 10.6 Å². The Hall–Kier alpha value is -1.34. The molecule has 0 fully saturated rings. The highest BCUT2D eigenvalue weighted by Crippen LogP contribution is 1.91. The number of aliphatic carboxylic acids is 1. The number of amides is 2. The van der Waals surface area contributed by atoms with Gasteiger partial charge in [0.15, 0.2) is 0 Å². The number of rotatable bonds is 11. The van der Waals surface area contributed by atoms with E-state index in [1.165, 1.54) is 0 Å². The van der Waals surface area contributed by atoms with E-state index in [2.05, 4.69) is 10.6 Å². The Kier molecular flexibility index (Phi) is 10.9. The quantitative estimate of drug-likeness (QED) is 0.476. The maximum Gasteiger partial charge on any atom is 0.314 e. The van der Waals surface area contributed by atoms with Gasteiger partial charge in [-0.15, -0.1) is 0 Å². The number of ether oxygens (including phenoxy) is 2. The van der Waals surface area contributed by atoms with Crippen molar-refractivity contribution in [2.45, 2.75) is 19.8 Å². The fourth-order valence-electron chi connectivity index (χ4n) is 1.17. The summed E-state index contributed by atoms with van der Waals surface area (Å²) in [6.07, 6.45) is 1.67. The van der Waals surface area contributed by atoms with Gasteiger partial charge in [0.2, 0.25) is 0 Å². The summed E-state index contributed by atoms with van der Waals surface area (Å²) >= 11 is 0. The molecule has 0 saturated heterocycles. The minimum Gasteiger partial charge on any atom is -0.481 e. The third kappa shape index (κ3) is 11.5. The van der Waals surface area contributed by atoms with Gasteiger partial charge >= 0.3 is 12.0 Å². The number of hydrogen-bond donors (Lipinski definition) is 3. The van der Waals surface area contributed by atoms with Crippen LogP contribution in [0.3, 0.4) is 0 Å². The van der Waals surface area contributed by atoms with Crippen molar-refractivity contribution in [3.05, 3.63) is 0 Å². The Morgan fingerprint density at radius 1 is 1.16 bits per heavy atom. The van der Waals surface area contributed by atoms with Gasteiger partial charge in [-0.2, -0.15) is 0 Å². The van der Waals surface area contributed by atoms with Crippen molar-refractivity contribution in [3.63, 3.8) is 0 Å². The van der Waals surface area contributed by atoms with Gasteiger partial charge in [0.25, 0.3) is 0 Å². The van der Waals surface area contributed by atoms with Crippen LogP contribution in [0.15, 0.2) is 0 Å². The second kappa shape index (κ2) is 11.7. The second-order valence-electron chi connectivity index (χ2n) is 4.19. The average Bonchev–Trinajstić information content (AvgIpc) is 2.38. The predicted molar refractivity (Wildman–Crippen MR) is 70.1 cm³/mol. The largest absolute Gasteiger partial charge is 0.481 e. The molecule has 0 aliphatic carbocycles. The first kappa shape index (κ1) is 17.7. The van der Waals surface area contributed by atoms with Crippen LogP contribution in [0, 0.1) is 5.92 Å². The van der Waals surface area contributed by atoms with E-state index < -0.39 is 11.9 Å². The zero-order chi connectivity index (χ0) is 14.5. The molecule has 0 aliphatic rings. The molecular formula is C12H24N2O5. The molecule has 0 saturated carbocycles. The van der Waals surface area contributed by atoms with Gasteiger partial charge in [0.05, 0.1) is 19.1 Å². The molecule has 0 aromatic carbocycles. The molecule has 1 atom stereocenters. The molecular weight excluding hydrogens is 252 g/mol. The van der Waals surface area contributed by atoms with E-state index in [4.69, 9.17) is 14.6 Å². The van der Waals surface area contributed by atoms with E-state index in [9.17, 15) is 9.59 Å². The number of methoxy groups -OCH3 is 1. The number of urea groups is 1. The molecule has 1 unspecified atom stereocenters. The van der Waals surface area contributed by atoms with E-state index in [0.717, 1.165) is 12.8 Å². The molecule has 0 bridgehead atoms. The van der Waals surface area contributed by atoms with Gasteiger partial charge in [0, 0.05) is 26.8 Å². The minimum atomic E-state index is -0.923. The van der Waals surface area contributed by atoms with Crippen LogP contribution in [-0.4, -0.2) is 57.1 Å². The first-order valence-electron chi connectivity index (χ1n) is 6.39. The Balaban J connectivity index is 3.32. The standard InChI is InChI=1S/C12H24N2O5/c1-10(11(15)16)9-14-12(17)13-5-3-4-6-19-8-7-18-2/h10H,3-9H2,1-2H3,(H,15,16)(H2,13,14,17). The summed E-state index contributed by atoms with van der Waals surface area (Å²) < 4.78 is 10.1. The van der Waals surface area contributed by atoms with Crippen LogP contribution in [0.1, 0.15) is 19.8 Å². The number of carboxylic acids is 1. The predicted octanol–water partition coefficient (Wildman–Crippen LogP) is 0.450. The first-order valence-corrected chi connectivity index (χ1v) is 6.39. The lowest BCUT2D eigenvalue weighted by atomic mass is 10.2. The molecule has 2 amide bonds. The monoisotopic (exact) mass is 276 g/mol. The van der Waals surface area contributed by atoms with E-state index in [1.807, 2.05) is 0 Å². The van der Waals surface area contributed by atoms with Crippen LogP contribution in [0.2, 0.25) is 0 Å². The number of carboxylic acid groups (broad SMARTS) is 1. The van der Waals surface area contributed by atoms with Gasteiger partial charge < -0.3 is 25.2 Å². The van der Waals surface area contributed by atoms with Gasteiger partial charge in [0.1, 0.15) is 0 Å². The van der Waals surface area contributed by atoms with Crippen molar-refractivity contribution < 1.29 is 24.2 Å². The van der Waals surface area contributed by atoms with E-state index >= 15 is 0 Å². The van der Waals surface area contributed by atoms with Crippen molar-refractivity contribution in [2.75, 3.05) is 40.0 Å². The minimum absolute atomic E-state index is 0.126. The SMILES string of the molecule is COCCOCCCCNC(=O)NCC(C)C(=O)O. The Labute approximate surface area is 113 Å². The smallest absolute Gasteiger partial charge is 0.314 e. The molecule has 7 nitrogen and oxygen atoms in total. The highest BCUT2D eigenvalue weighted by molar-refractivity contribution is 5.75. The lowest BCUT2D eigenvalue weighted by molar-refractivity contribution is -0.140. The maximum atomic E-state index is 11.3. The lowest BCUT2D eigenvalue weighted by Gasteiger charge is -2.09. The highest BCUT2D eigenvalue weighted by Gasteiger charge is 2.11. The normalized spacial score (nSPS) is 11.9. The van der Waals surface area contributed by atoms with E-state index in [0.29, 0.717) is 26.4 Å². The molecule has 112 valence electrons. The van der Waals surface area contributed by atoms with Crippen LogP contribution in [0.25, 0.3) is 0 Å². The number of nitrogens with one attached hydrogen (secondary N) is 2. The number of unbranched alkanes of at least 4 members (excludes halogenated alkanes) is 1. The van der Waals surface area contributed by atoms with Crippen molar-refractivity contribution in [2.24, 2.45) is 5.92 Å². The molecule has 0 heterocycles. The van der Waals surface area contributed by atoms with Crippen LogP contribution in [-0.2, 0) is 14.3 Å². The summed E-state index contributed by atoms with van der Waals surface area (Å²) in [5, 5.41) is 13.8. The van der Waals surface area contributed by atoms with Gasteiger partial charge in [-0.25, -0.2) is 4.79 Å². The molecule has 0 aromatic heterocycles. The summed E-state index contributed by atoms with van der Waals surface area (Å²) in [6.45, 7) is 4.02. The van der Waals surface area contributed by atoms with E-state index in [1.54, 1.807) is 14.0 Å². The van der Waals surface area contributed by atoms with Gasteiger partial charge in [-0.1, -0.05) is 6.92 Å². The molecule has 0 spiro atoms. The summed E-state index contributed by atoms with van der Waals surface area (Å²) in [4.78, 5) is 21.8. The average molecular weight is 276 g/mol. The highest BCUT2D eigenvalue weighted by atomic mass is 16.5. The second-order valence-corrected chi connectivity index (χ2v) is 4.19. The first-order chi connectivity index (χ1) is 9.07. The van der Waals surface area contributed by atoms with Crippen molar-refractivity contribution in [3.8, 4) is 0 Å². The van der Waals surface area contributed by atoms with Gasteiger partial charge in [-0.05, 0) is 12.8 Å². The lowest BCUT2D eigenvalue weighted by Crippen LogP contribution is -2.39.